The summed E-state index contributed by atoms with van der Waals surface area (Å²) in [6.07, 6.45) is 1.67. The lowest BCUT2D eigenvalue weighted by Gasteiger charge is -2.13. The van der Waals surface area contributed by atoms with Crippen LogP contribution in [0.1, 0.15) is 29.2 Å². The first-order valence-corrected chi connectivity index (χ1v) is 11.7. The highest BCUT2D eigenvalue weighted by Crippen LogP contribution is 2.35. The van der Waals surface area contributed by atoms with Gasteiger partial charge in [-0.25, -0.2) is 4.39 Å². The number of carbonyl (C=O) groups is 2. The van der Waals surface area contributed by atoms with Gasteiger partial charge in [-0.2, -0.15) is 0 Å². The van der Waals surface area contributed by atoms with E-state index in [1.54, 1.807) is 30.3 Å². The summed E-state index contributed by atoms with van der Waals surface area (Å²) >= 11 is 0.883. The van der Waals surface area contributed by atoms with Gasteiger partial charge in [-0.1, -0.05) is 48.0 Å². The molecule has 1 aliphatic heterocycles. The maximum atomic E-state index is 13.1. The number of carbonyl (C=O) groups excluding carboxylic acids is 2. The highest BCUT2D eigenvalue weighted by molar-refractivity contribution is 8.18. The molecule has 174 valence electrons. The lowest BCUT2D eigenvalue weighted by Crippen LogP contribution is -2.27. The normalized spacial score (nSPS) is 14.7. The van der Waals surface area contributed by atoms with E-state index in [4.69, 9.17) is 9.47 Å². The summed E-state index contributed by atoms with van der Waals surface area (Å²) in [5.41, 5.74) is 3.63. The van der Waals surface area contributed by atoms with Crippen molar-refractivity contribution in [3.05, 3.63) is 99.7 Å². The van der Waals surface area contributed by atoms with Gasteiger partial charge in [-0.3, -0.25) is 14.5 Å². The predicted molar refractivity (Wildman–Crippen MR) is 131 cm³/mol. The van der Waals surface area contributed by atoms with Crippen molar-refractivity contribution in [3.8, 4) is 11.5 Å². The van der Waals surface area contributed by atoms with Gasteiger partial charge in [0.15, 0.2) is 11.5 Å². The van der Waals surface area contributed by atoms with Crippen molar-refractivity contribution >= 4 is 29.0 Å². The number of imide groups is 1. The number of benzene rings is 3. The molecule has 7 heteroatoms. The summed E-state index contributed by atoms with van der Waals surface area (Å²) in [7, 11) is 0. The minimum absolute atomic E-state index is 0.0955. The number of hydrogen-bond acceptors (Lipinski definition) is 5. The SMILES string of the molecule is CCOc1cc(/C=C2\SC(=O)N(Cc3ccc(F)cc3)C2=O)ccc1OCc1ccc(C)cc1. The molecular formula is C27H24FNO4S. The van der Waals surface area contributed by atoms with Crippen molar-refractivity contribution in [1.29, 1.82) is 0 Å². The fourth-order valence-corrected chi connectivity index (χ4v) is 4.25. The van der Waals surface area contributed by atoms with Crippen molar-refractivity contribution in [2.75, 3.05) is 6.61 Å². The largest absolute Gasteiger partial charge is 0.490 e. The molecule has 0 atom stereocenters. The molecule has 0 unspecified atom stereocenters. The Hall–Kier alpha value is -3.58. The Morgan fingerprint density at radius 3 is 2.32 bits per heavy atom. The van der Waals surface area contributed by atoms with Crippen LogP contribution in [0.3, 0.4) is 0 Å². The average molecular weight is 478 g/mol. The highest BCUT2D eigenvalue weighted by Gasteiger charge is 2.35. The molecule has 4 rings (SSSR count). The first-order valence-electron chi connectivity index (χ1n) is 10.9. The quantitative estimate of drug-likeness (QED) is 0.354. The second kappa shape index (κ2) is 10.6. The Labute approximate surface area is 202 Å². The molecule has 0 aliphatic carbocycles. The van der Waals surface area contributed by atoms with Crippen LogP contribution in [-0.2, 0) is 17.9 Å². The monoisotopic (exact) mass is 477 g/mol. The summed E-state index contributed by atoms with van der Waals surface area (Å²) in [4.78, 5) is 26.7. The Balaban J connectivity index is 1.49. The predicted octanol–water partition coefficient (Wildman–Crippen LogP) is 6.35. The minimum Gasteiger partial charge on any atom is -0.490 e. The van der Waals surface area contributed by atoms with E-state index >= 15 is 0 Å². The van der Waals surface area contributed by atoms with Crippen molar-refractivity contribution in [3.63, 3.8) is 0 Å². The molecule has 2 amide bonds. The van der Waals surface area contributed by atoms with Crippen LogP contribution in [0.5, 0.6) is 11.5 Å². The summed E-state index contributed by atoms with van der Waals surface area (Å²) in [6.45, 7) is 4.88. The van der Waals surface area contributed by atoms with Crippen LogP contribution in [0.15, 0.2) is 71.6 Å². The van der Waals surface area contributed by atoms with Gasteiger partial charge in [0.05, 0.1) is 18.1 Å². The van der Waals surface area contributed by atoms with E-state index in [0.717, 1.165) is 27.8 Å². The second-order valence-corrected chi connectivity index (χ2v) is 8.80. The van der Waals surface area contributed by atoms with Gasteiger partial charge in [0.2, 0.25) is 0 Å². The summed E-state index contributed by atoms with van der Waals surface area (Å²) < 4.78 is 24.9. The summed E-state index contributed by atoms with van der Waals surface area (Å²) in [6, 6.07) is 19.3. The number of rotatable bonds is 8. The van der Waals surface area contributed by atoms with E-state index in [9.17, 15) is 14.0 Å². The van der Waals surface area contributed by atoms with Gasteiger partial charge in [0, 0.05) is 0 Å². The van der Waals surface area contributed by atoms with Gasteiger partial charge in [0.1, 0.15) is 12.4 Å². The van der Waals surface area contributed by atoms with Gasteiger partial charge >= 0.3 is 0 Å². The van der Waals surface area contributed by atoms with E-state index in [1.807, 2.05) is 44.2 Å². The molecular weight excluding hydrogens is 453 g/mol. The fourth-order valence-electron chi connectivity index (χ4n) is 3.41. The van der Waals surface area contributed by atoms with Gasteiger partial charge < -0.3 is 9.47 Å². The number of nitrogens with zero attached hydrogens (tertiary/aromatic N) is 1. The zero-order valence-electron chi connectivity index (χ0n) is 18.9. The molecule has 1 saturated heterocycles. The third-order valence-electron chi connectivity index (χ3n) is 5.21. The smallest absolute Gasteiger partial charge is 0.293 e. The third kappa shape index (κ3) is 5.66. The van der Waals surface area contributed by atoms with Gasteiger partial charge in [-0.15, -0.1) is 0 Å². The Morgan fingerprint density at radius 2 is 1.62 bits per heavy atom. The number of ether oxygens (including phenoxy) is 2. The van der Waals surface area contributed by atoms with Crippen molar-refractivity contribution < 1.29 is 23.5 Å². The van der Waals surface area contributed by atoms with Crippen LogP contribution in [0.4, 0.5) is 9.18 Å². The number of aryl methyl sites for hydroxylation is 1. The zero-order chi connectivity index (χ0) is 24.1. The molecule has 0 aromatic heterocycles. The first kappa shape index (κ1) is 23.6. The molecule has 1 fully saturated rings. The van der Waals surface area contributed by atoms with Crippen molar-refractivity contribution in [2.24, 2.45) is 0 Å². The fraction of sp³-hybridized carbons (Fsp3) is 0.185. The Kier molecular flexibility index (Phi) is 7.33. The molecule has 1 aliphatic rings. The van der Waals surface area contributed by atoms with Gasteiger partial charge in [0.25, 0.3) is 11.1 Å². The van der Waals surface area contributed by atoms with Crippen molar-refractivity contribution in [1.82, 2.24) is 4.90 Å². The molecule has 0 bridgehead atoms. The Bertz CT molecular complexity index is 1220. The number of halogens is 1. The van der Waals surface area contributed by atoms with Crippen LogP contribution < -0.4 is 9.47 Å². The molecule has 1 heterocycles. The van der Waals surface area contributed by atoms with E-state index in [0.29, 0.717) is 35.2 Å². The number of hydrogen-bond donors (Lipinski definition) is 0. The zero-order valence-corrected chi connectivity index (χ0v) is 19.7. The first-order chi connectivity index (χ1) is 16.4. The maximum absolute atomic E-state index is 13.1. The summed E-state index contributed by atoms with van der Waals surface area (Å²) in [5, 5.41) is -0.358. The van der Waals surface area contributed by atoms with Crippen molar-refractivity contribution in [2.45, 2.75) is 27.0 Å². The van der Waals surface area contributed by atoms with Crippen LogP contribution in [0.2, 0.25) is 0 Å². The number of thioether (sulfide) groups is 1. The van der Waals surface area contributed by atoms with Crippen LogP contribution in [0, 0.1) is 12.7 Å². The molecule has 5 nitrogen and oxygen atoms in total. The van der Waals surface area contributed by atoms with E-state index in [-0.39, 0.29) is 23.5 Å². The van der Waals surface area contributed by atoms with E-state index < -0.39 is 0 Å². The highest BCUT2D eigenvalue weighted by atomic mass is 32.2. The summed E-state index contributed by atoms with van der Waals surface area (Å²) in [5.74, 6) is 0.420. The molecule has 34 heavy (non-hydrogen) atoms. The lowest BCUT2D eigenvalue weighted by molar-refractivity contribution is -0.123. The van der Waals surface area contributed by atoms with E-state index in [1.165, 1.54) is 17.7 Å². The maximum Gasteiger partial charge on any atom is 0.293 e. The van der Waals surface area contributed by atoms with E-state index in [2.05, 4.69) is 0 Å². The molecule has 3 aromatic carbocycles. The van der Waals surface area contributed by atoms with Crippen LogP contribution >= 0.6 is 11.8 Å². The molecule has 3 aromatic rings. The molecule has 0 spiro atoms. The standard InChI is InChI=1S/C27H24FNO4S/c1-3-32-24-14-21(10-13-23(24)33-17-20-6-4-18(2)5-7-20)15-25-26(30)29(27(31)34-25)16-19-8-11-22(28)12-9-19/h4-15H,3,16-17H2,1-2H3/b25-15-. The lowest BCUT2D eigenvalue weighted by atomic mass is 10.1. The molecule has 0 radical (unpaired) electrons. The molecule has 0 N–H and O–H groups in total. The van der Waals surface area contributed by atoms with Gasteiger partial charge in [-0.05, 0) is 72.6 Å². The van der Waals surface area contributed by atoms with Crippen LogP contribution in [-0.4, -0.2) is 22.7 Å². The topological polar surface area (TPSA) is 55.8 Å². The Morgan fingerprint density at radius 1 is 0.912 bits per heavy atom. The third-order valence-corrected chi connectivity index (χ3v) is 6.12. The average Bonchev–Trinajstić information content (AvgIpc) is 3.08. The van der Waals surface area contributed by atoms with Crippen LogP contribution in [0.25, 0.3) is 6.08 Å². The number of amides is 2. The minimum atomic E-state index is -0.378. The molecule has 0 saturated carbocycles. The second-order valence-electron chi connectivity index (χ2n) is 7.81.